The lowest BCUT2D eigenvalue weighted by atomic mass is 10.2. The van der Waals surface area contributed by atoms with Crippen LogP contribution in [0.25, 0.3) is 10.9 Å². The number of nitrogens with zero attached hydrogens (tertiary/aromatic N) is 4. The highest BCUT2D eigenvalue weighted by Gasteiger charge is 2.11. The Hall–Kier alpha value is -2.13. The lowest BCUT2D eigenvalue weighted by molar-refractivity contribution is -0.116. The van der Waals surface area contributed by atoms with Crippen molar-refractivity contribution in [2.45, 2.75) is 32.7 Å². The number of nitrogens with one attached hydrogen (secondary N) is 1. The number of hydrogen-bond acceptors (Lipinski definition) is 6. The molecule has 25 heavy (non-hydrogen) atoms. The fourth-order valence-corrected chi connectivity index (χ4v) is 3.34. The van der Waals surface area contributed by atoms with E-state index in [-0.39, 0.29) is 30.3 Å². The quantitative estimate of drug-likeness (QED) is 0.682. The van der Waals surface area contributed by atoms with Crippen LogP contribution in [0, 0.1) is 0 Å². The van der Waals surface area contributed by atoms with E-state index < -0.39 is 0 Å². The van der Waals surface area contributed by atoms with Crippen molar-refractivity contribution in [1.82, 2.24) is 19.7 Å². The molecule has 0 aliphatic heterocycles. The summed E-state index contributed by atoms with van der Waals surface area (Å²) < 4.78 is 2.25. The molecule has 0 radical (unpaired) electrons. The molecule has 3 rings (SSSR count). The number of benzene rings is 1. The van der Waals surface area contributed by atoms with Crippen molar-refractivity contribution < 1.29 is 4.79 Å². The van der Waals surface area contributed by atoms with Gasteiger partial charge in [-0.05, 0) is 18.2 Å². The van der Waals surface area contributed by atoms with Crippen molar-refractivity contribution in [1.29, 1.82) is 0 Å². The van der Waals surface area contributed by atoms with Crippen molar-refractivity contribution in [3.63, 3.8) is 0 Å². The maximum Gasteiger partial charge on any atom is 0.261 e. The van der Waals surface area contributed by atoms with Crippen LogP contribution >= 0.6 is 27.3 Å². The average molecular weight is 422 g/mol. The fraction of sp³-hybridized carbons (Fsp3) is 0.312. The Balaban J connectivity index is 1.68. The molecule has 0 spiro atoms. The molecule has 9 heteroatoms. The zero-order valence-corrected chi connectivity index (χ0v) is 16.1. The molecule has 1 amide bonds. The van der Waals surface area contributed by atoms with E-state index in [2.05, 4.69) is 36.4 Å². The van der Waals surface area contributed by atoms with Crippen LogP contribution in [-0.4, -0.2) is 25.7 Å². The monoisotopic (exact) mass is 421 g/mol. The Kier molecular flexibility index (Phi) is 5.24. The van der Waals surface area contributed by atoms with Gasteiger partial charge in [0.15, 0.2) is 0 Å². The molecule has 0 unspecified atom stereocenters. The van der Waals surface area contributed by atoms with E-state index in [0.29, 0.717) is 16.0 Å². The highest BCUT2D eigenvalue weighted by atomic mass is 79.9. The summed E-state index contributed by atoms with van der Waals surface area (Å²) in [5, 5.41) is 12.6. The van der Waals surface area contributed by atoms with Crippen LogP contribution < -0.4 is 10.9 Å². The van der Waals surface area contributed by atoms with Crippen LogP contribution in [0.5, 0.6) is 0 Å². The molecule has 0 bridgehead atoms. The molecule has 0 saturated carbocycles. The first kappa shape index (κ1) is 17.7. The normalized spacial score (nSPS) is 11.2. The Labute approximate surface area is 156 Å². The van der Waals surface area contributed by atoms with Gasteiger partial charge in [-0.15, -0.1) is 10.2 Å². The first-order valence-electron chi connectivity index (χ1n) is 7.72. The standard InChI is InChI=1S/C16H16BrN5O2S/c1-9(2)14-20-21-16(25-14)19-13(23)5-6-22-8-18-12-4-3-10(17)7-11(12)15(22)24/h3-4,7-9H,5-6H2,1-2H3,(H,19,21,23). The summed E-state index contributed by atoms with van der Waals surface area (Å²) in [7, 11) is 0. The molecular weight excluding hydrogens is 406 g/mol. The minimum atomic E-state index is -0.215. The number of rotatable bonds is 5. The average Bonchev–Trinajstić information content (AvgIpc) is 3.03. The number of aryl methyl sites for hydroxylation is 1. The van der Waals surface area contributed by atoms with E-state index >= 15 is 0 Å². The second kappa shape index (κ2) is 7.40. The van der Waals surface area contributed by atoms with Gasteiger partial charge >= 0.3 is 0 Å². The molecule has 1 aromatic carbocycles. The third kappa shape index (κ3) is 4.10. The first-order chi connectivity index (χ1) is 11.9. The fourth-order valence-electron chi connectivity index (χ4n) is 2.21. The Bertz CT molecular complexity index is 982. The van der Waals surface area contributed by atoms with E-state index in [4.69, 9.17) is 0 Å². The third-order valence-electron chi connectivity index (χ3n) is 3.55. The number of aromatic nitrogens is 4. The van der Waals surface area contributed by atoms with Gasteiger partial charge in [-0.2, -0.15) is 0 Å². The summed E-state index contributed by atoms with van der Waals surface area (Å²) in [5.41, 5.74) is 0.459. The third-order valence-corrected chi connectivity index (χ3v) is 5.18. The molecule has 0 aliphatic rings. The van der Waals surface area contributed by atoms with Crippen molar-refractivity contribution in [2.24, 2.45) is 0 Å². The molecular formula is C16H16BrN5O2S. The number of halogens is 1. The predicted molar refractivity (Wildman–Crippen MR) is 101 cm³/mol. The highest BCUT2D eigenvalue weighted by molar-refractivity contribution is 9.10. The topological polar surface area (TPSA) is 89.8 Å². The van der Waals surface area contributed by atoms with Gasteiger partial charge in [0.1, 0.15) is 5.01 Å². The van der Waals surface area contributed by atoms with E-state index in [1.54, 1.807) is 12.1 Å². The second-order valence-corrected chi connectivity index (χ2v) is 7.73. The van der Waals surface area contributed by atoms with Crippen molar-refractivity contribution in [3.8, 4) is 0 Å². The molecule has 0 saturated heterocycles. The summed E-state index contributed by atoms with van der Waals surface area (Å²) in [6.45, 7) is 4.28. The van der Waals surface area contributed by atoms with Crippen LogP contribution in [0.2, 0.25) is 0 Å². The Morgan fingerprint density at radius 3 is 2.88 bits per heavy atom. The smallest absolute Gasteiger partial charge is 0.261 e. The zero-order chi connectivity index (χ0) is 18.0. The minimum Gasteiger partial charge on any atom is -0.300 e. The van der Waals surface area contributed by atoms with Gasteiger partial charge in [0.25, 0.3) is 5.56 Å². The summed E-state index contributed by atoms with van der Waals surface area (Å²) >= 11 is 4.71. The minimum absolute atomic E-state index is 0.150. The van der Waals surface area contributed by atoms with Crippen LogP contribution in [0.3, 0.4) is 0 Å². The van der Waals surface area contributed by atoms with Crippen molar-refractivity contribution in [2.75, 3.05) is 5.32 Å². The van der Waals surface area contributed by atoms with Gasteiger partial charge in [0.2, 0.25) is 11.0 Å². The van der Waals surface area contributed by atoms with Crippen molar-refractivity contribution >= 4 is 49.2 Å². The molecule has 0 aliphatic carbocycles. The largest absolute Gasteiger partial charge is 0.300 e. The van der Waals surface area contributed by atoms with Crippen molar-refractivity contribution in [3.05, 3.63) is 44.4 Å². The molecule has 0 atom stereocenters. The van der Waals surface area contributed by atoms with Crippen LogP contribution in [-0.2, 0) is 11.3 Å². The highest BCUT2D eigenvalue weighted by Crippen LogP contribution is 2.22. The number of carbonyl (C=O) groups is 1. The SMILES string of the molecule is CC(C)c1nnc(NC(=O)CCn2cnc3ccc(Br)cc3c2=O)s1. The van der Waals surface area contributed by atoms with Gasteiger partial charge in [0, 0.05) is 23.4 Å². The lowest BCUT2D eigenvalue weighted by Gasteiger charge is -2.06. The molecule has 3 aromatic rings. The number of anilines is 1. The molecule has 2 aromatic heterocycles. The van der Waals surface area contributed by atoms with Gasteiger partial charge in [0.05, 0.1) is 17.2 Å². The summed E-state index contributed by atoms with van der Waals surface area (Å²) in [6, 6.07) is 5.34. The van der Waals surface area contributed by atoms with E-state index in [1.165, 1.54) is 22.2 Å². The molecule has 7 nitrogen and oxygen atoms in total. The molecule has 130 valence electrons. The summed E-state index contributed by atoms with van der Waals surface area (Å²) in [5.74, 6) is 0.0532. The molecule has 0 fully saturated rings. The number of hydrogen-bond donors (Lipinski definition) is 1. The van der Waals surface area contributed by atoms with Crippen LogP contribution in [0.15, 0.2) is 33.8 Å². The number of amides is 1. The van der Waals surface area contributed by atoms with Gasteiger partial charge in [-0.25, -0.2) is 4.98 Å². The Morgan fingerprint density at radius 2 is 2.16 bits per heavy atom. The molecule has 1 N–H and O–H groups in total. The van der Waals surface area contributed by atoms with Crippen LogP contribution in [0.1, 0.15) is 31.2 Å². The summed E-state index contributed by atoms with van der Waals surface area (Å²) in [6.07, 6.45) is 1.62. The van der Waals surface area contributed by atoms with Crippen LogP contribution in [0.4, 0.5) is 5.13 Å². The number of carbonyl (C=O) groups excluding carboxylic acids is 1. The molecule has 2 heterocycles. The first-order valence-corrected chi connectivity index (χ1v) is 9.33. The van der Waals surface area contributed by atoms with Gasteiger partial charge < -0.3 is 5.32 Å². The van der Waals surface area contributed by atoms with Gasteiger partial charge in [-0.3, -0.25) is 14.2 Å². The Morgan fingerprint density at radius 1 is 1.36 bits per heavy atom. The number of fused-ring (bicyclic) bond motifs is 1. The van der Waals surface area contributed by atoms with E-state index in [0.717, 1.165) is 9.48 Å². The lowest BCUT2D eigenvalue weighted by Crippen LogP contribution is -2.23. The maximum atomic E-state index is 12.5. The van der Waals surface area contributed by atoms with Gasteiger partial charge in [-0.1, -0.05) is 41.1 Å². The zero-order valence-electron chi connectivity index (χ0n) is 13.7. The predicted octanol–water partition coefficient (Wildman–Crippen LogP) is 3.16. The maximum absolute atomic E-state index is 12.5. The van der Waals surface area contributed by atoms with E-state index in [9.17, 15) is 9.59 Å². The summed E-state index contributed by atoms with van der Waals surface area (Å²) in [4.78, 5) is 28.8. The second-order valence-electron chi connectivity index (χ2n) is 5.80. The van der Waals surface area contributed by atoms with E-state index in [1.807, 2.05) is 19.9 Å².